The fourth-order valence-electron chi connectivity index (χ4n) is 4.72. The first-order valence-corrected chi connectivity index (χ1v) is 15.7. The normalized spacial score (nSPS) is 14.5. The van der Waals surface area contributed by atoms with Crippen LogP contribution < -0.4 is 10.1 Å². The van der Waals surface area contributed by atoms with E-state index >= 15 is 0 Å². The standard InChI is InChI=1S/C35H46F4N2O8/c1-22(30(43)46-21-24-12-10-9-11-13-24)47-32(45)27(20-33(2,3)4)41(8)29(42)28(48-31(44)26(40-7)19-34(5,6)36)18-23-14-16-25(17-15-23)49-35(37,38)39/h9-17,22,26-28,40H,18-21H2,1-8H3/t22?,26?,27-,28?/m0/s1. The Morgan fingerprint density at radius 1 is 0.796 bits per heavy atom. The Bertz CT molecular complexity index is 1390. The van der Waals surface area contributed by atoms with E-state index in [1.54, 1.807) is 30.3 Å². The number of rotatable bonds is 16. The summed E-state index contributed by atoms with van der Waals surface area (Å²) in [4.78, 5) is 54.4. The first-order chi connectivity index (χ1) is 22.6. The van der Waals surface area contributed by atoms with Crippen LogP contribution in [0.4, 0.5) is 17.6 Å². The number of likely N-dealkylation sites (N-methyl/N-ethyl adjacent to an activating group) is 2. The van der Waals surface area contributed by atoms with Crippen molar-refractivity contribution in [2.75, 3.05) is 14.1 Å². The second-order valence-electron chi connectivity index (χ2n) is 13.5. The minimum Gasteiger partial charge on any atom is -0.458 e. The topological polar surface area (TPSA) is 120 Å². The smallest absolute Gasteiger partial charge is 0.458 e. The summed E-state index contributed by atoms with van der Waals surface area (Å²) in [6.07, 6.45) is -8.37. The minimum atomic E-state index is -4.92. The third-order valence-corrected chi connectivity index (χ3v) is 7.18. The summed E-state index contributed by atoms with van der Waals surface area (Å²) in [6, 6.07) is 11.1. The molecule has 14 heteroatoms. The van der Waals surface area contributed by atoms with Crippen molar-refractivity contribution in [3.05, 3.63) is 65.7 Å². The van der Waals surface area contributed by atoms with E-state index in [-0.39, 0.29) is 25.9 Å². The molecule has 272 valence electrons. The van der Waals surface area contributed by atoms with Gasteiger partial charge in [0.2, 0.25) is 0 Å². The van der Waals surface area contributed by atoms with Gasteiger partial charge in [-0.05, 0) is 62.9 Å². The monoisotopic (exact) mass is 698 g/mol. The lowest BCUT2D eigenvalue weighted by Gasteiger charge is -2.34. The van der Waals surface area contributed by atoms with Gasteiger partial charge in [-0.25, -0.2) is 14.0 Å². The maximum atomic E-state index is 14.5. The summed E-state index contributed by atoms with van der Waals surface area (Å²) in [6.45, 7) is 9.29. The lowest BCUT2D eigenvalue weighted by molar-refractivity contribution is -0.274. The molecule has 2 aromatic carbocycles. The first kappa shape index (κ1) is 41.0. The van der Waals surface area contributed by atoms with Gasteiger partial charge < -0.3 is 29.2 Å². The van der Waals surface area contributed by atoms with E-state index in [0.717, 1.165) is 22.6 Å². The van der Waals surface area contributed by atoms with Crippen molar-refractivity contribution in [1.29, 1.82) is 0 Å². The van der Waals surface area contributed by atoms with Crippen molar-refractivity contribution in [1.82, 2.24) is 10.2 Å². The van der Waals surface area contributed by atoms with Crippen molar-refractivity contribution in [3.8, 4) is 5.75 Å². The SMILES string of the molecule is CNC(CC(C)(C)F)C(=O)OC(Cc1ccc(OC(F)(F)F)cc1)C(=O)N(C)[C@@H](CC(C)(C)C)C(=O)OC(C)C(=O)OCc1ccccc1. The van der Waals surface area contributed by atoms with Crippen LogP contribution in [-0.2, 0) is 46.4 Å². The molecule has 49 heavy (non-hydrogen) atoms. The fourth-order valence-corrected chi connectivity index (χ4v) is 4.72. The van der Waals surface area contributed by atoms with Crippen LogP contribution in [0.15, 0.2) is 54.6 Å². The van der Waals surface area contributed by atoms with Crippen LogP contribution >= 0.6 is 0 Å². The largest absolute Gasteiger partial charge is 0.573 e. The van der Waals surface area contributed by atoms with Crippen LogP contribution in [0.1, 0.15) is 65.5 Å². The van der Waals surface area contributed by atoms with Gasteiger partial charge in [0.05, 0.1) is 0 Å². The molecule has 0 aromatic heterocycles. The zero-order valence-corrected chi connectivity index (χ0v) is 29.1. The van der Waals surface area contributed by atoms with Gasteiger partial charge in [-0.1, -0.05) is 63.2 Å². The van der Waals surface area contributed by atoms with Gasteiger partial charge in [0.25, 0.3) is 5.91 Å². The Morgan fingerprint density at radius 3 is 1.90 bits per heavy atom. The lowest BCUT2D eigenvalue weighted by atomic mass is 9.87. The summed E-state index contributed by atoms with van der Waals surface area (Å²) in [5, 5.41) is 2.67. The highest BCUT2D eigenvalue weighted by atomic mass is 19.4. The highest BCUT2D eigenvalue weighted by Gasteiger charge is 2.39. The van der Waals surface area contributed by atoms with Crippen molar-refractivity contribution in [2.45, 2.75) is 104 Å². The van der Waals surface area contributed by atoms with E-state index in [1.807, 2.05) is 20.8 Å². The van der Waals surface area contributed by atoms with Crippen LogP contribution in [0.3, 0.4) is 0 Å². The third-order valence-electron chi connectivity index (χ3n) is 7.18. The van der Waals surface area contributed by atoms with E-state index in [1.165, 1.54) is 47.0 Å². The van der Waals surface area contributed by atoms with Crippen molar-refractivity contribution >= 4 is 23.8 Å². The zero-order valence-electron chi connectivity index (χ0n) is 29.1. The van der Waals surface area contributed by atoms with Gasteiger partial charge in [0.1, 0.15) is 30.1 Å². The van der Waals surface area contributed by atoms with Crippen molar-refractivity contribution in [3.63, 3.8) is 0 Å². The summed E-state index contributed by atoms with van der Waals surface area (Å²) in [5.74, 6) is -4.02. The number of esters is 3. The molecule has 2 rings (SSSR count). The molecule has 10 nitrogen and oxygen atoms in total. The maximum absolute atomic E-state index is 14.5. The summed E-state index contributed by atoms with van der Waals surface area (Å²) in [5.41, 5.74) is -1.30. The Kier molecular flexibility index (Phi) is 14.6. The number of carbonyl (C=O) groups is 4. The Balaban J connectivity index is 2.34. The van der Waals surface area contributed by atoms with Gasteiger partial charge >= 0.3 is 24.3 Å². The molecule has 4 atom stereocenters. The fraction of sp³-hybridized carbons (Fsp3) is 0.543. The Morgan fingerprint density at radius 2 is 1.39 bits per heavy atom. The maximum Gasteiger partial charge on any atom is 0.573 e. The first-order valence-electron chi connectivity index (χ1n) is 15.7. The number of alkyl halides is 4. The molecule has 0 aliphatic carbocycles. The molecule has 0 aliphatic rings. The van der Waals surface area contributed by atoms with E-state index in [9.17, 15) is 36.7 Å². The number of benzene rings is 2. The van der Waals surface area contributed by atoms with Crippen LogP contribution in [-0.4, -0.2) is 79.1 Å². The molecular weight excluding hydrogens is 652 g/mol. The molecule has 0 saturated carbocycles. The molecule has 0 heterocycles. The van der Waals surface area contributed by atoms with Gasteiger partial charge in [-0.15, -0.1) is 13.2 Å². The number of nitrogens with one attached hydrogen (secondary N) is 1. The van der Waals surface area contributed by atoms with Gasteiger partial charge in [0.15, 0.2) is 12.2 Å². The Labute approximate surface area is 284 Å². The Hall–Kier alpha value is -4.20. The molecule has 0 spiro atoms. The molecule has 2 aromatic rings. The highest BCUT2D eigenvalue weighted by Crippen LogP contribution is 2.27. The number of nitrogens with zero attached hydrogens (tertiary/aromatic N) is 1. The summed E-state index contributed by atoms with van der Waals surface area (Å²) < 4.78 is 72.7. The number of hydrogen-bond acceptors (Lipinski definition) is 9. The number of hydrogen-bond donors (Lipinski definition) is 1. The number of amides is 1. The predicted octanol–water partition coefficient (Wildman–Crippen LogP) is 5.70. The van der Waals surface area contributed by atoms with E-state index < -0.39 is 71.3 Å². The van der Waals surface area contributed by atoms with Gasteiger partial charge in [-0.2, -0.15) is 0 Å². The summed E-state index contributed by atoms with van der Waals surface area (Å²) in [7, 11) is 2.72. The molecule has 0 radical (unpaired) electrons. The minimum absolute atomic E-state index is 0.0467. The number of ether oxygens (including phenoxy) is 4. The van der Waals surface area contributed by atoms with Gasteiger partial charge in [-0.3, -0.25) is 9.59 Å². The lowest BCUT2D eigenvalue weighted by Crippen LogP contribution is -2.52. The van der Waals surface area contributed by atoms with Crippen molar-refractivity contribution in [2.24, 2.45) is 5.41 Å². The molecule has 1 N–H and O–H groups in total. The zero-order chi connectivity index (χ0) is 37.2. The molecule has 0 aliphatic heterocycles. The molecule has 0 saturated heterocycles. The van der Waals surface area contributed by atoms with E-state index in [2.05, 4.69) is 10.1 Å². The highest BCUT2D eigenvalue weighted by molar-refractivity contribution is 5.90. The quantitative estimate of drug-likeness (QED) is 0.134. The molecule has 0 fully saturated rings. The summed E-state index contributed by atoms with van der Waals surface area (Å²) >= 11 is 0. The van der Waals surface area contributed by atoms with E-state index in [0.29, 0.717) is 5.56 Å². The van der Waals surface area contributed by atoms with Crippen LogP contribution in [0.25, 0.3) is 0 Å². The molecular formula is C35H46F4N2O8. The van der Waals surface area contributed by atoms with Gasteiger partial charge in [0, 0.05) is 19.9 Å². The van der Waals surface area contributed by atoms with E-state index in [4.69, 9.17) is 14.2 Å². The second-order valence-corrected chi connectivity index (χ2v) is 13.5. The second kappa shape index (κ2) is 17.5. The molecule has 0 bridgehead atoms. The average Bonchev–Trinajstić information content (AvgIpc) is 2.99. The molecule has 1 amide bonds. The van der Waals surface area contributed by atoms with Crippen LogP contribution in [0.5, 0.6) is 5.75 Å². The number of halogens is 4. The van der Waals surface area contributed by atoms with Crippen LogP contribution in [0.2, 0.25) is 0 Å². The molecule has 3 unspecified atom stereocenters. The van der Waals surface area contributed by atoms with Crippen LogP contribution in [0, 0.1) is 5.41 Å². The van der Waals surface area contributed by atoms with Crippen molar-refractivity contribution < 1.29 is 55.7 Å². The predicted molar refractivity (Wildman–Crippen MR) is 172 cm³/mol. The average molecular weight is 699 g/mol. The third kappa shape index (κ3) is 14.8. The number of carbonyl (C=O) groups excluding carboxylic acids is 4.